The van der Waals surface area contributed by atoms with Crippen molar-refractivity contribution in [2.75, 3.05) is 0 Å². The molecule has 5 nitrogen and oxygen atoms in total. The molecule has 3 aromatic heterocycles. The summed E-state index contributed by atoms with van der Waals surface area (Å²) in [4.78, 5) is 17.2. The van der Waals surface area contributed by atoms with E-state index in [1.165, 1.54) is 0 Å². The molecule has 4 rings (SSSR count). The maximum absolute atomic E-state index is 12.8. The first kappa shape index (κ1) is 13.5. The van der Waals surface area contributed by atoms with E-state index in [0.717, 1.165) is 36.2 Å². The number of nitrogens with one attached hydrogen (secondary N) is 1. The minimum absolute atomic E-state index is 0.0872. The van der Waals surface area contributed by atoms with E-state index in [1.54, 1.807) is 28.2 Å². The number of fused-ring (bicyclic) bond motifs is 1. The van der Waals surface area contributed by atoms with Gasteiger partial charge in [0, 0.05) is 17.8 Å². The van der Waals surface area contributed by atoms with Crippen molar-refractivity contribution >= 4 is 22.8 Å². The average Bonchev–Trinajstić information content (AvgIpc) is 3.27. The molecule has 1 N–H and O–H groups in total. The number of carbonyl (C=O) groups is 1. The van der Waals surface area contributed by atoms with E-state index in [-0.39, 0.29) is 11.4 Å². The molecule has 0 saturated heterocycles. The van der Waals surface area contributed by atoms with E-state index in [4.69, 9.17) is 0 Å². The van der Waals surface area contributed by atoms with E-state index < -0.39 is 0 Å². The Bertz CT molecular complexity index is 803. The van der Waals surface area contributed by atoms with Crippen LogP contribution in [-0.2, 0) is 5.54 Å². The van der Waals surface area contributed by atoms with Gasteiger partial charge in [-0.3, -0.25) is 4.79 Å². The molecule has 112 valence electrons. The van der Waals surface area contributed by atoms with Crippen molar-refractivity contribution in [3.63, 3.8) is 0 Å². The van der Waals surface area contributed by atoms with Crippen LogP contribution in [-0.4, -0.2) is 20.5 Å². The van der Waals surface area contributed by atoms with Gasteiger partial charge in [0.15, 0.2) is 0 Å². The molecule has 0 spiro atoms. The van der Waals surface area contributed by atoms with Crippen molar-refractivity contribution < 1.29 is 4.79 Å². The Morgan fingerprint density at radius 3 is 2.86 bits per heavy atom. The van der Waals surface area contributed by atoms with Crippen LogP contribution in [0.1, 0.15) is 41.2 Å². The van der Waals surface area contributed by atoms with E-state index in [9.17, 15) is 4.79 Å². The van der Waals surface area contributed by atoms with Crippen LogP contribution in [0.15, 0.2) is 42.0 Å². The quantitative estimate of drug-likeness (QED) is 0.809. The molecule has 1 saturated carbocycles. The molecule has 0 radical (unpaired) electrons. The summed E-state index contributed by atoms with van der Waals surface area (Å²) >= 11 is 1.61. The average molecular weight is 312 g/mol. The lowest BCUT2D eigenvalue weighted by Crippen LogP contribution is -2.44. The van der Waals surface area contributed by atoms with Crippen molar-refractivity contribution in [2.24, 2.45) is 0 Å². The summed E-state index contributed by atoms with van der Waals surface area (Å²) in [5.74, 6) is -0.0872. The minimum atomic E-state index is -0.315. The molecule has 1 aliphatic rings. The molecule has 0 aromatic carbocycles. The van der Waals surface area contributed by atoms with Gasteiger partial charge in [-0.25, -0.2) is 9.50 Å². The number of amides is 1. The summed E-state index contributed by atoms with van der Waals surface area (Å²) < 4.78 is 1.68. The van der Waals surface area contributed by atoms with Gasteiger partial charge in [-0.05, 0) is 37.1 Å². The second-order valence-electron chi connectivity index (χ2n) is 5.66. The number of aromatic nitrogens is 3. The Balaban J connectivity index is 1.68. The van der Waals surface area contributed by atoms with Crippen LogP contribution in [0.4, 0.5) is 0 Å². The zero-order chi connectivity index (χ0) is 15.0. The standard InChI is InChI=1S/C16H16N4OS/c21-14(13-6-5-12-4-3-9-18-20(12)13)19-16(7-1-2-8-16)15-17-10-11-22-15/h3-6,9-11H,1-2,7-8H2,(H,19,21). The summed E-state index contributed by atoms with van der Waals surface area (Å²) in [7, 11) is 0. The molecule has 0 aliphatic heterocycles. The summed E-state index contributed by atoms with van der Waals surface area (Å²) in [6.07, 6.45) is 7.63. The third-order valence-corrected chi connectivity index (χ3v) is 5.28. The zero-order valence-electron chi connectivity index (χ0n) is 12.0. The fourth-order valence-electron chi connectivity index (χ4n) is 3.23. The topological polar surface area (TPSA) is 59.3 Å². The Morgan fingerprint density at radius 2 is 2.09 bits per heavy atom. The van der Waals surface area contributed by atoms with Gasteiger partial charge in [0.25, 0.3) is 5.91 Å². The second-order valence-corrected chi connectivity index (χ2v) is 6.55. The van der Waals surface area contributed by atoms with Crippen LogP contribution in [0.2, 0.25) is 0 Å². The van der Waals surface area contributed by atoms with Crippen molar-refractivity contribution in [1.29, 1.82) is 0 Å². The highest BCUT2D eigenvalue weighted by Crippen LogP contribution is 2.39. The molecule has 0 unspecified atom stereocenters. The van der Waals surface area contributed by atoms with Crippen LogP contribution in [0.5, 0.6) is 0 Å². The lowest BCUT2D eigenvalue weighted by Gasteiger charge is -2.28. The number of thiazole rings is 1. The van der Waals surface area contributed by atoms with Gasteiger partial charge >= 0.3 is 0 Å². The van der Waals surface area contributed by atoms with Crippen LogP contribution in [0.25, 0.3) is 5.52 Å². The monoisotopic (exact) mass is 312 g/mol. The van der Waals surface area contributed by atoms with Crippen LogP contribution in [0, 0.1) is 0 Å². The smallest absolute Gasteiger partial charge is 0.270 e. The van der Waals surface area contributed by atoms with Gasteiger partial charge in [0.05, 0.1) is 11.1 Å². The molecule has 1 aliphatic carbocycles. The number of carbonyl (C=O) groups excluding carboxylic acids is 1. The number of hydrogen-bond acceptors (Lipinski definition) is 4. The highest BCUT2D eigenvalue weighted by atomic mass is 32.1. The van der Waals surface area contributed by atoms with E-state index in [2.05, 4.69) is 15.4 Å². The van der Waals surface area contributed by atoms with Crippen molar-refractivity contribution in [2.45, 2.75) is 31.2 Å². The Kier molecular flexibility index (Phi) is 3.18. The normalized spacial score (nSPS) is 16.9. The minimum Gasteiger partial charge on any atom is -0.339 e. The molecule has 0 bridgehead atoms. The first-order chi connectivity index (χ1) is 10.8. The number of nitrogens with zero attached hydrogens (tertiary/aromatic N) is 3. The molecule has 0 atom stereocenters. The van der Waals surface area contributed by atoms with Gasteiger partial charge in [-0.2, -0.15) is 5.10 Å². The number of rotatable bonds is 3. The van der Waals surface area contributed by atoms with Crippen LogP contribution in [0.3, 0.4) is 0 Å². The first-order valence-electron chi connectivity index (χ1n) is 7.44. The third kappa shape index (κ3) is 2.11. The van der Waals surface area contributed by atoms with E-state index >= 15 is 0 Å². The molecule has 1 amide bonds. The Morgan fingerprint density at radius 1 is 1.23 bits per heavy atom. The predicted molar refractivity (Wildman–Crippen MR) is 84.9 cm³/mol. The summed E-state index contributed by atoms with van der Waals surface area (Å²) in [5.41, 5.74) is 1.17. The molecule has 3 heterocycles. The first-order valence-corrected chi connectivity index (χ1v) is 8.32. The maximum Gasteiger partial charge on any atom is 0.270 e. The largest absolute Gasteiger partial charge is 0.339 e. The fourth-order valence-corrected chi connectivity index (χ4v) is 4.08. The molecule has 1 fully saturated rings. The van der Waals surface area contributed by atoms with Crippen molar-refractivity contribution in [1.82, 2.24) is 19.9 Å². The Hall–Kier alpha value is -2.21. The summed E-state index contributed by atoms with van der Waals surface area (Å²) in [5, 5.41) is 10.5. The molecular weight excluding hydrogens is 296 g/mol. The van der Waals surface area contributed by atoms with Crippen LogP contribution >= 0.6 is 11.3 Å². The van der Waals surface area contributed by atoms with Gasteiger partial charge in [-0.15, -0.1) is 11.3 Å². The van der Waals surface area contributed by atoms with Crippen molar-refractivity contribution in [3.8, 4) is 0 Å². The maximum atomic E-state index is 12.8. The summed E-state index contributed by atoms with van der Waals surface area (Å²) in [6.45, 7) is 0. The van der Waals surface area contributed by atoms with Gasteiger partial charge in [0.2, 0.25) is 0 Å². The van der Waals surface area contributed by atoms with Crippen molar-refractivity contribution in [3.05, 3.63) is 52.7 Å². The predicted octanol–water partition coefficient (Wildman–Crippen LogP) is 2.99. The van der Waals surface area contributed by atoms with E-state index in [0.29, 0.717) is 5.69 Å². The lowest BCUT2D eigenvalue weighted by molar-refractivity contribution is 0.0891. The third-order valence-electron chi connectivity index (χ3n) is 4.30. The summed E-state index contributed by atoms with van der Waals surface area (Å²) in [6, 6.07) is 7.54. The highest BCUT2D eigenvalue weighted by Gasteiger charge is 2.39. The molecule has 22 heavy (non-hydrogen) atoms. The second kappa shape index (κ2) is 5.21. The molecule has 3 aromatic rings. The SMILES string of the molecule is O=C(NC1(c2nccs2)CCCC1)c1ccc2cccnn12. The van der Waals surface area contributed by atoms with Crippen LogP contribution < -0.4 is 5.32 Å². The molecular formula is C16H16N4OS. The fraction of sp³-hybridized carbons (Fsp3) is 0.312. The van der Waals surface area contributed by atoms with Gasteiger partial charge < -0.3 is 5.32 Å². The van der Waals surface area contributed by atoms with Gasteiger partial charge in [-0.1, -0.05) is 12.8 Å². The Labute approximate surface area is 132 Å². The molecule has 6 heteroatoms. The van der Waals surface area contributed by atoms with E-state index in [1.807, 2.05) is 29.6 Å². The number of hydrogen-bond donors (Lipinski definition) is 1. The zero-order valence-corrected chi connectivity index (χ0v) is 12.8. The lowest BCUT2D eigenvalue weighted by atomic mass is 9.98. The highest BCUT2D eigenvalue weighted by molar-refractivity contribution is 7.09. The van der Waals surface area contributed by atoms with Gasteiger partial charge in [0.1, 0.15) is 10.7 Å².